The summed E-state index contributed by atoms with van der Waals surface area (Å²) in [6.07, 6.45) is 0. The summed E-state index contributed by atoms with van der Waals surface area (Å²) < 4.78 is 0. The number of aliphatic imine (C=N–C) groups is 1. The van der Waals surface area contributed by atoms with Gasteiger partial charge in [0.2, 0.25) is 0 Å². The van der Waals surface area contributed by atoms with E-state index in [0.29, 0.717) is 6.54 Å². The number of halogens is 1. The van der Waals surface area contributed by atoms with Crippen molar-refractivity contribution in [2.24, 2.45) is 4.99 Å². The molecule has 0 aromatic heterocycles. The van der Waals surface area contributed by atoms with E-state index in [-0.39, 0.29) is 29.7 Å². The first-order valence-corrected chi connectivity index (χ1v) is 7.50. The van der Waals surface area contributed by atoms with E-state index in [1.54, 1.807) is 12.1 Å². The van der Waals surface area contributed by atoms with Gasteiger partial charge in [0.25, 0.3) is 0 Å². The number of hydrogen-bond donors (Lipinski definition) is 2. The van der Waals surface area contributed by atoms with Crippen LogP contribution in [0.15, 0.2) is 59.6 Å². The maximum Gasteiger partial charge on any atom is 0.194 e. The second-order valence-corrected chi connectivity index (χ2v) is 5.18. The quantitative estimate of drug-likeness (QED) is 0.437. The number of hydrogen-bond acceptors (Lipinski definition) is 2. The van der Waals surface area contributed by atoms with E-state index in [0.717, 1.165) is 24.6 Å². The molecular formula is C18H24IN3O. The van der Waals surface area contributed by atoms with Crippen molar-refractivity contribution < 1.29 is 5.11 Å². The molecule has 0 atom stereocenters. The van der Waals surface area contributed by atoms with Crippen molar-refractivity contribution in [1.29, 1.82) is 0 Å². The Morgan fingerprint density at radius 2 is 1.78 bits per heavy atom. The lowest BCUT2D eigenvalue weighted by molar-refractivity contribution is 0.473. The first kappa shape index (κ1) is 19.3. The fraction of sp³-hybridized carbons (Fsp3) is 0.278. The molecule has 0 amide bonds. The molecule has 0 spiro atoms. The Morgan fingerprint density at radius 1 is 1.09 bits per heavy atom. The Morgan fingerprint density at radius 3 is 2.43 bits per heavy atom. The van der Waals surface area contributed by atoms with Crippen LogP contribution in [0, 0.1) is 0 Å². The molecule has 2 aromatic carbocycles. The summed E-state index contributed by atoms with van der Waals surface area (Å²) in [5.41, 5.74) is 2.23. The number of aromatic hydroxyl groups is 1. The molecule has 0 radical (unpaired) electrons. The predicted molar refractivity (Wildman–Crippen MR) is 106 cm³/mol. The smallest absolute Gasteiger partial charge is 0.194 e. The highest BCUT2D eigenvalue weighted by molar-refractivity contribution is 14.0. The number of nitrogens with one attached hydrogen (secondary N) is 1. The fourth-order valence-electron chi connectivity index (χ4n) is 2.22. The maximum absolute atomic E-state index is 9.51. The Bertz CT molecular complexity index is 617. The minimum atomic E-state index is 0. The molecule has 0 bridgehead atoms. The fourth-order valence-corrected chi connectivity index (χ4v) is 2.22. The van der Waals surface area contributed by atoms with Crippen molar-refractivity contribution in [3.8, 4) is 5.75 Å². The van der Waals surface area contributed by atoms with Gasteiger partial charge in [-0.25, -0.2) is 4.99 Å². The van der Waals surface area contributed by atoms with Gasteiger partial charge < -0.3 is 15.3 Å². The summed E-state index contributed by atoms with van der Waals surface area (Å²) in [6.45, 7) is 4.21. The monoisotopic (exact) mass is 425 g/mol. The van der Waals surface area contributed by atoms with Crippen LogP contribution in [-0.2, 0) is 13.1 Å². The van der Waals surface area contributed by atoms with E-state index in [1.807, 2.05) is 37.4 Å². The van der Waals surface area contributed by atoms with Crippen LogP contribution in [0.5, 0.6) is 5.75 Å². The van der Waals surface area contributed by atoms with E-state index in [4.69, 9.17) is 0 Å². The molecule has 23 heavy (non-hydrogen) atoms. The second-order valence-electron chi connectivity index (χ2n) is 5.18. The molecule has 0 saturated carbocycles. The Hall–Kier alpha value is -1.76. The molecule has 0 saturated heterocycles. The van der Waals surface area contributed by atoms with E-state index in [1.165, 1.54) is 5.56 Å². The standard InChI is InChI=1S/C18H23N3O.HI/c1-3-19-18(20-13-16-10-7-11-17(22)12-16)21(2)14-15-8-5-4-6-9-15;/h4-12,22H,3,13-14H2,1-2H3,(H,19,20);1H. The van der Waals surface area contributed by atoms with Gasteiger partial charge >= 0.3 is 0 Å². The van der Waals surface area contributed by atoms with E-state index in [9.17, 15) is 5.11 Å². The van der Waals surface area contributed by atoms with Crippen molar-refractivity contribution in [2.75, 3.05) is 13.6 Å². The number of benzene rings is 2. The van der Waals surface area contributed by atoms with Crippen molar-refractivity contribution in [3.63, 3.8) is 0 Å². The second kappa shape index (κ2) is 10.1. The van der Waals surface area contributed by atoms with E-state index >= 15 is 0 Å². The van der Waals surface area contributed by atoms with Crippen molar-refractivity contribution in [1.82, 2.24) is 10.2 Å². The van der Waals surface area contributed by atoms with Crippen molar-refractivity contribution in [2.45, 2.75) is 20.0 Å². The topological polar surface area (TPSA) is 47.9 Å². The zero-order valence-electron chi connectivity index (χ0n) is 13.6. The first-order valence-electron chi connectivity index (χ1n) is 7.50. The number of guanidine groups is 1. The molecule has 2 N–H and O–H groups in total. The lowest BCUT2D eigenvalue weighted by Gasteiger charge is -2.22. The molecular weight excluding hydrogens is 401 g/mol. The molecule has 0 aliphatic rings. The minimum absolute atomic E-state index is 0. The third kappa shape index (κ3) is 6.48. The van der Waals surface area contributed by atoms with Crippen molar-refractivity contribution >= 4 is 29.9 Å². The lowest BCUT2D eigenvalue weighted by Crippen LogP contribution is -2.38. The largest absolute Gasteiger partial charge is 0.508 e. The Balaban J connectivity index is 0.00000264. The molecule has 5 heteroatoms. The zero-order valence-corrected chi connectivity index (χ0v) is 15.9. The SMILES string of the molecule is CCNC(=NCc1cccc(O)c1)N(C)Cc1ccccc1.I. The highest BCUT2D eigenvalue weighted by atomic mass is 127. The summed E-state index contributed by atoms with van der Waals surface area (Å²) in [5, 5.41) is 12.8. The Kier molecular flexibility index (Phi) is 8.47. The van der Waals surface area contributed by atoms with Crippen LogP contribution in [0.4, 0.5) is 0 Å². The highest BCUT2D eigenvalue weighted by Gasteiger charge is 2.06. The summed E-state index contributed by atoms with van der Waals surface area (Å²) in [5.74, 6) is 1.13. The van der Waals surface area contributed by atoms with E-state index < -0.39 is 0 Å². The van der Waals surface area contributed by atoms with Gasteiger partial charge in [0.1, 0.15) is 5.75 Å². The molecule has 0 fully saturated rings. The zero-order chi connectivity index (χ0) is 15.8. The van der Waals surface area contributed by atoms with Gasteiger partial charge in [-0.2, -0.15) is 0 Å². The van der Waals surface area contributed by atoms with Gasteiger partial charge in [-0.15, -0.1) is 24.0 Å². The van der Waals surface area contributed by atoms with Crippen LogP contribution in [0.2, 0.25) is 0 Å². The van der Waals surface area contributed by atoms with Gasteiger partial charge in [-0.3, -0.25) is 0 Å². The normalized spacial score (nSPS) is 10.8. The van der Waals surface area contributed by atoms with Gasteiger partial charge in [0.05, 0.1) is 6.54 Å². The number of phenols is 1. The average Bonchev–Trinajstić information content (AvgIpc) is 2.52. The van der Waals surface area contributed by atoms with Gasteiger partial charge in [0, 0.05) is 20.1 Å². The van der Waals surface area contributed by atoms with Crippen LogP contribution < -0.4 is 5.32 Å². The average molecular weight is 425 g/mol. The molecule has 2 rings (SSSR count). The molecule has 0 aliphatic carbocycles. The van der Waals surface area contributed by atoms with Gasteiger partial charge in [-0.05, 0) is 30.2 Å². The summed E-state index contributed by atoms with van der Waals surface area (Å²) >= 11 is 0. The van der Waals surface area contributed by atoms with Crippen LogP contribution >= 0.6 is 24.0 Å². The summed E-state index contributed by atoms with van der Waals surface area (Å²) in [4.78, 5) is 6.74. The van der Waals surface area contributed by atoms with Crippen molar-refractivity contribution in [3.05, 3.63) is 65.7 Å². The molecule has 124 valence electrons. The first-order chi connectivity index (χ1) is 10.7. The minimum Gasteiger partial charge on any atom is -0.508 e. The van der Waals surface area contributed by atoms with Crippen LogP contribution in [0.1, 0.15) is 18.1 Å². The molecule has 4 nitrogen and oxygen atoms in total. The molecule has 0 unspecified atom stereocenters. The number of nitrogens with zero attached hydrogens (tertiary/aromatic N) is 2. The maximum atomic E-state index is 9.51. The summed E-state index contributed by atoms with van der Waals surface area (Å²) in [7, 11) is 2.02. The summed E-state index contributed by atoms with van der Waals surface area (Å²) in [6, 6.07) is 17.5. The molecule has 0 aliphatic heterocycles. The Labute approximate surface area is 155 Å². The predicted octanol–water partition coefficient (Wildman–Crippen LogP) is 3.61. The van der Waals surface area contributed by atoms with Gasteiger partial charge in [-0.1, -0.05) is 42.5 Å². The number of rotatable bonds is 5. The number of phenolic OH excluding ortho intramolecular Hbond substituents is 1. The van der Waals surface area contributed by atoms with Crippen LogP contribution in [-0.4, -0.2) is 29.6 Å². The third-order valence-corrected chi connectivity index (χ3v) is 3.28. The van der Waals surface area contributed by atoms with E-state index in [2.05, 4.69) is 34.3 Å². The van der Waals surface area contributed by atoms with Gasteiger partial charge in [0.15, 0.2) is 5.96 Å². The third-order valence-electron chi connectivity index (χ3n) is 3.28. The molecule has 0 heterocycles. The van der Waals surface area contributed by atoms with Crippen LogP contribution in [0.3, 0.4) is 0 Å². The lowest BCUT2D eigenvalue weighted by atomic mass is 10.2. The highest BCUT2D eigenvalue weighted by Crippen LogP contribution is 2.12. The molecule has 2 aromatic rings. The van der Waals surface area contributed by atoms with Crippen LogP contribution in [0.25, 0.3) is 0 Å².